The van der Waals surface area contributed by atoms with E-state index in [1.54, 1.807) is 6.07 Å². The average Bonchev–Trinajstić information content (AvgIpc) is 2.86. The van der Waals surface area contributed by atoms with Gasteiger partial charge in [0.05, 0.1) is 0 Å². The summed E-state index contributed by atoms with van der Waals surface area (Å²) in [6.45, 7) is 4.75. The number of hydrogen-bond donors (Lipinski definition) is 1. The molecule has 3 rings (SSSR count). The lowest BCUT2D eigenvalue weighted by molar-refractivity contribution is 0.224. The quantitative estimate of drug-likeness (QED) is 0.867. The van der Waals surface area contributed by atoms with Crippen LogP contribution in [0.25, 0.3) is 11.3 Å². The van der Waals surface area contributed by atoms with Gasteiger partial charge in [-0.3, -0.25) is 0 Å². The summed E-state index contributed by atoms with van der Waals surface area (Å²) in [7, 11) is 0. The van der Waals surface area contributed by atoms with E-state index in [0.29, 0.717) is 17.2 Å². The van der Waals surface area contributed by atoms with Crippen molar-refractivity contribution in [2.24, 2.45) is 5.41 Å². The van der Waals surface area contributed by atoms with Crippen molar-refractivity contribution in [2.75, 3.05) is 5.73 Å². The number of rotatable bonds is 2. The van der Waals surface area contributed by atoms with Gasteiger partial charge in [0.1, 0.15) is 5.69 Å². The fourth-order valence-corrected chi connectivity index (χ4v) is 3.08. The van der Waals surface area contributed by atoms with Gasteiger partial charge in [-0.2, -0.15) is 0 Å². The van der Waals surface area contributed by atoms with Gasteiger partial charge in [-0.15, -0.1) is 0 Å². The highest BCUT2D eigenvalue weighted by Crippen LogP contribution is 2.42. The number of aromatic nitrogens is 1. The Morgan fingerprint density at radius 1 is 1.15 bits per heavy atom. The molecule has 0 saturated heterocycles. The van der Waals surface area contributed by atoms with Crippen LogP contribution >= 0.6 is 0 Å². The van der Waals surface area contributed by atoms with Gasteiger partial charge in [-0.25, -0.2) is 0 Å². The van der Waals surface area contributed by atoms with Crippen molar-refractivity contribution in [3.8, 4) is 11.3 Å². The van der Waals surface area contributed by atoms with Gasteiger partial charge in [0.25, 0.3) is 0 Å². The predicted molar refractivity (Wildman–Crippen MR) is 81.3 cm³/mol. The summed E-state index contributed by atoms with van der Waals surface area (Å²) >= 11 is 0. The molecule has 1 aliphatic carbocycles. The molecule has 20 heavy (non-hydrogen) atoms. The first-order chi connectivity index (χ1) is 9.53. The average molecular weight is 270 g/mol. The minimum Gasteiger partial charge on any atom is -0.368 e. The normalized spacial score (nSPS) is 19.1. The van der Waals surface area contributed by atoms with Gasteiger partial charge in [0.15, 0.2) is 0 Å². The summed E-state index contributed by atoms with van der Waals surface area (Å²) in [4.78, 5) is 0. The highest BCUT2D eigenvalue weighted by molar-refractivity contribution is 5.61. The maximum Gasteiger partial charge on any atom is 0.222 e. The number of hydrogen-bond acceptors (Lipinski definition) is 3. The molecule has 3 nitrogen and oxygen atoms in total. The van der Waals surface area contributed by atoms with Gasteiger partial charge < -0.3 is 10.3 Å². The maximum atomic E-state index is 5.56. The molecule has 0 spiro atoms. The van der Waals surface area contributed by atoms with Crippen LogP contribution in [-0.4, -0.2) is 5.16 Å². The van der Waals surface area contributed by atoms with Crippen LogP contribution in [0.15, 0.2) is 34.9 Å². The van der Waals surface area contributed by atoms with Crippen molar-refractivity contribution < 1.29 is 4.52 Å². The van der Waals surface area contributed by atoms with Crippen molar-refractivity contribution >= 4 is 5.88 Å². The smallest absolute Gasteiger partial charge is 0.222 e. The molecule has 1 heterocycles. The van der Waals surface area contributed by atoms with Crippen molar-refractivity contribution in [3.63, 3.8) is 0 Å². The van der Waals surface area contributed by atoms with Crippen LogP contribution in [0.5, 0.6) is 0 Å². The SMILES string of the molecule is CC1(C)CCC(c2ccc(-c3cc(N)on3)cc2)CC1. The second kappa shape index (κ2) is 4.97. The van der Waals surface area contributed by atoms with Crippen LogP contribution in [-0.2, 0) is 0 Å². The molecule has 0 radical (unpaired) electrons. The molecule has 2 aromatic rings. The van der Waals surface area contributed by atoms with Crippen LogP contribution in [0.4, 0.5) is 5.88 Å². The van der Waals surface area contributed by atoms with E-state index >= 15 is 0 Å². The predicted octanol–water partition coefficient (Wildman–Crippen LogP) is 4.61. The Kier molecular flexibility index (Phi) is 3.28. The number of anilines is 1. The highest BCUT2D eigenvalue weighted by Gasteiger charge is 2.27. The van der Waals surface area contributed by atoms with Gasteiger partial charge in [-0.05, 0) is 42.6 Å². The standard InChI is InChI=1S/C17H22N2O/c1-17(2)9-7-13(8-10-17)12-3-5-14(6-4-12)15-11-16(18)20-19-15/h3-6,11,13H,7-10,18H2,1-2H3. The zero-order chi connectivity index (χ0) is 14.2. The van der Waals surface area contributed by atoms with Crippen molar-refractivity contribution in [3.05, 3.63) is 35.9 Å². The first-order valence-electron chi connectivity index (χ1n) is 7.36. The Balaban J connectivity index is 1.74. The molecule has 1 aliphatic rings. The maximum absolute atomic E-state index is 5.56. The fraction of sp³-hybridized carbons (Fsp3) is 0.471. The number of nitrogen functional groups attached to an aromatic ring is 1. The molecule has 3 heteroatoms. The number of benzene rings is 1. The van der Waals surface area contributed by atoms with Gasteiger partial charge in [0.2, 0.25) is 5.88 Å². The van der Waals surface area contributed by atoms with Gasteiger partial charge in [0, 0.05) is 11.6 Å². The molecular formula is C17H22N2O. The van der Waals surface area contributed by atoms with Crippen LogP contribution in [0.1, 0.15) is 51.0 Å². The molecule has 106 valence electrons. The molecule has 0 amide bonds. The summed E-state index contributed by atoms with van der Waals surface area (Å²) in [5, 5.41) is 3.95. The minimum atomic E-state index is 0.360. The molecule has 0 atom stereocenters. The summed E-state index contributed by atoms with van der Waals surface area (Å²) in [5.41, 5.74) is 9.39. The summed E-state index contributed by atoms with van der Waals surface area (Å²) < 4.78 is 4.92. The molecule has 0 bridgehead atoms. The van der Waals surface area contributed by atoms with Crippen molar-refractivity contribution in [1.82, 2.24) is 5.16 Å². The molecular weight excluding hydrogens is 248 g/mol. The van der Waals surface area contributed by atoms with E-state index in [1.807, 2.05) is 0 Å². The van der Waals surface area contributed by atoms with Crippen molar-refractivity contribution in [2.45, 2.75) is 45.4 Å². The van der Waals surface area contributed by atoms with E-state index in [9.17, 15) is 0 Å². The van der Waals surface area contributed by atoms with E-state index in [4.69, 9.17) is 10.3 Å². The number of nitrogens with zero attached hydrogens (tertiary/aromatic N) is 1. The minimum absolute atomic E-state index is 0.360. The summed E-state index contributed by atoms with van der Waals surface area (Å²) in [6, 6.07) is 10.4. The zero-order valence-electron chi connectivity index (χ0n) is 12.2. The zero-order valence-corrected chi connectivity index (χ0v) is 12.2. The van der Waals surface area contributed by atoms with Crippen molar-refractivity contribution in [1.29, 1.82) is 0 Å². The molecule has 0 aliphatic heterocycles. The van der Waals surface area contributed by atoms with Crippen LogP contribution in [0.3, 0.4) is 0 Å². The molecule has 0 unspecified atom stereocenters. The Bertz CT molecular complexity index is 573. The molecule has 1 aromatic carbocycles. The molecule has 1 fully saturated rings. The van der Waals surface area contributed by atoms with E-state index in [1.165, 1.54) is 31.2 Å². The third kappa shape index (κ3) is 2.72. The first-order valence-corrected chi connectivity index (χ1v) is 7.36. The van der Waals surface area contributed by atoms with Gasteiger partial charge in [-0.1, -0.05) is 43.3 Å². The second-order valence-electron chi connectivity index (χ2n) is 6.68. The van der Waals surface area contributed by atoms with Crippen LogP contribution < -0.4 is 5.73 Å². The Morgan fingerprint density at radius 3 is 2.35 bits per heavy atom. The molecule has 2 N–H and O–H groups in total. The molecule has 1 aromatic heterocycles. The monoisotopic (exact) mass is 270 g/mol. The summed E-state index contributed by atoms with van der Waals surface area (Å²) in [6.07, 6.45) is 5.23. The second-order valence-corrected chi connectivity index (χ2v) is 6.68. The Morgan fingerprint density at radius 2 is 1.80 bits per heavy atom. The van der Waals surface area contributed by atoms with Crippen LogP contribution in [0.2, 0.25) is 0 Å². The largest absolute Gasteiger partial charge is 0.368 e. The third-order valence-electron chi connectivity index (χ3n) is 4.55. The van der Waals surface area contributed by atoms with Gasteiger partial charge >= 0.3 is 0 Å². The fourth-order valence-electron chi connectivity index (χ4n) is 3.08. The highest BCUT2D eigenvalue weighted by atomic mass is 16.5. The third-order valence-corrected chi connectivity index (χ3v) is 4.55. The molecule has 1 saturated carbocycles. The topological polar surface area (TPSA) is 52.0 Å². The number of nitrogens with two attached hydrogens (primary N) is 1. The summed E-state index contributed by atoms with van der Waals surface area (Å²) in [5.74, 6) is 1.07. The Hall–Kier alpha value is -1.77. The van der Waals surface area contributed by atoms with E-state index in [0.717, 1.165) is 11.3 Å². The van der Waals surface area contributed by atoms with E-state index in [-0.39, 0.29) is 0 Å². The lowest BCUT2D eigenvalue weighted by Crippen LogP contribution is -2.20. The Labute approximate surface area is 120 Å². The lowest BCUT2D eigenvalue weighted by Gasteiger charge is -2.34. The first kappa shape index (κ1) is 13.2. The van der Waals surface area contributed by atoms with E-state index < -0.39 is 0 Å². The lowest BCUT2D eigenvalue weighted by atomic mass is 9.71. The van der Waals surface area contributed by atoms with E-state index in [2.05, 4.69) is 43.3 Å². The van der Waals surface area contributed by atoms with Crippen LogP contribution in [0, 0.1) is 5.41 Å².